The van der Waals surface area contributed by atoms with Crippen molar-refractivity contribution in [1.82, 2.24) is 15.2 Å². The van der Waals surface area contributed by atoms with Crippen LogP contribution >= 0.6 is 11.6 Å². The van der Waals surface area contributed by atoms with Crippen molar-refractivity contribution >= 4 is 23.4 Å². The third kappa shape index (κ3) is 6.01. The summed E-state index contributed by atoms with van der Waals surface area (Å²) in [6, 6.07) is 11.2. The van der Waals surface area contributed by atoms with Crippen LogP contribution in [0.4, 0.5) is 0 Å². The van der Waals surface area contributed by atoms with Crippen LogP contribution in [0.15, 0.2) is 48.8 Å². The van der Waals surface area contributed by atoms with Crippen LogP contribution in [0.25, 0.3) is 0 Å². The van der Waals surface area contributed by atoms with Gasteiger partial charge in [0.1, 0.15) is 0 Å². The summed E-state index contributed by atoms with van der Waals surface area (Å²) in [5, 5.41) is 3.53. The van der Waals surface area contributed by atoms with Gasteiger partial charge in [0.2, 0.25) is 11.8 Å². The second-order valence-electron chi connectivity index (χ2n) is 5.46. The Morgan fingerprint density at radius 1 is 1.17 bits per heavy atom. The molecule has 0 aliphatic carbocycles. The summed E-state index contributed by atoms with van der Waals surface area (Å²) >= 11 is 5.84. The van der Waals surface area contributed by atoms with Crippen molar-refractivity contribution < 1.29 is 9.59 Å². The van der Waals surface area contributed by atoms with Crippen molar-refractivity contribution in [3.8, 4) is 0 Å². The number of halogens is 1. The van der Waals surface area contributed by atoms with Crippen LogP contribution in [-0.4, -0.2) is 34.8 Å². The largest absolute Gasteiger partial charge is 0.354 e. The normalized spacial score (nSPS) is 10.2. The minimum atomic E-state index is -0.178. The van der Waals surface area contributed by atoms with Crippen molar-refractivity contribution in [2.75, 3.05) is 13.1 Å². The number of nitrogens with zero attached hydrogens (tertiary/aromatic N) is 2. The summed E-state index contributed by atoms with van der Waals surface area (Å²) < 4.78 is 0. The Morgan fingerprint density at radius 3 is 2.54 bits per heavy atom. The first-order valence-corrected chi connectivity index (χ1v) is 8.08. The molecule has 1 aromatic heterocycles. The molecule has 1 aromatic carbocycles. The summed E-state index contributed by atoms with van der Waals surface area (Å²) in [6.45, 7) is 2.37. The number of hydrogen-bond donors (Lipinski definition) is 1. The average Bonchev–Trinajstić information content (AvgIpc) is 2.57. The highest BCUT2D eigenvalue weighted by Gasteiger charge is 2.13. The van der Waals surface area contributed by atoms with Gasteiger partial charge in [0, 0.05) is 37.4 Å². The lowest BCUT2D eigenvalue weighted by atomic mass is 10.1. The van der Waals surface area contributed by atoms with Gasteiger partial charge >= 0.3 is 0 Å². The predicted octanol–water partition coefficient (Wildman–Crippen LogP) is 2.44. The lowest BCUT2D eigenvalue weighted by Crippen LogP contribution is -2.39. The maximum absolute atomic E-state index is 12.1. The number of amides is 2. The maximum Gasteiger partial charge on any atom is 0.239 e. The fraction of sp³-hybridized carbons (Fsp3) is 0.278. The van der Waals surface area contributed by atoms with Crippen molar-refractivity contribution in [2.24, 2.45) is 0 Å². The Labute approximate surface area is 146 Å². The van der Waals surface area contributed by atoms with Gasteiger partial charge < -0.3 is 10.2 Å². The molecule has 6 heteroatoms. The smallest absolute Gasteiger partial charge is 0.239 e. The molecule has 0 saturated heterocycles. The Balaban J connectivity index is 1.80. The number of nitrogens with one attached hydrogen (secondary N) is 1. The molecule has 0 spiro atoms. The van der Waals surface area contributed by atoms with Gasteiger partial charge in [0.15, 0.2) is 0 Å². The number of carbonyl (C=O) groups excluding carboxylic acids is 2. The molecule has 1 heterocycles. The van der Waals surface area contributed by atoms with Gasteiger partial charge in [0.05, 0.1) is 6.54 Å². The molecule has 24 heavy (non-hydrogen) atoms. The molecule has 0 aliphatic rings. The van der Waals surface area contributed by atoms with Crippen LogP contribution in [0.1, 0.15) is 18.1 Å². The van der Waals surface area contributed by atoms with E-state index >= 15 is 0 Å². The third-order valence-electron chi connectivity index (χ3n) is 3.53. The minimum absolute atomic E-state index is 0.0326. The van der Waals surface area contributed by atoms with E-state index in [0.29, 0.717) is 24.5 Å². The van der Waals surface area contributed by atoms with Crippen LogP contribution in [0.3, 0.4) is 0 Å². The molecule has 0 fully saturated rings. The monoisotopic (exact) mass is 345 g/mol. The second-order valence-corrected chi connectivity index (χ2v) is 5.90. The summed E-state index contributed by atoms with van der Waals surface area (Å²) in [7, 11) is 0. The standard InChI is InChI=1S/C18H20ClN3O2/c1-14(23)22(12-16-3-2-9-20-11-16)13-18(24)21-10-8-15-4-6-17(19)7-5-15/h2-7,9,11H,8,10,12-13H2,1H3,(H,21,24). The first-order valence-electron chi connectivity index (χ1n) is 7.70. The zero-order valence-corrected chi connectivity index (χ0v) is 14.3. The Hall–Kier alpha value is -2.40. The van der Waals surface area contributed by atoms with Crippen LogP contribution in [0.5, 0.6) is 0 Å². The Kier molecular flexibility index (Phi) is 6.75. The fourth-order valence-corrected chi connectivity index (χ4v) is 2.34. The van der Waals surface area contributed by atoms with E-state index in [9.17, 15) is 9.59 Å². The van der Waals surface area contributed by atoms with Crippen LogP contribution in [0, 0.1) is 0 Å². The molecule has 0 radical (unpaired) electrons. The highest BCUT2D eigenvalue weighted by Crippen LogP contribution is 2.09. The SMILES string of the molecule is CC(=O)N(CC(=O)NCCc1ccc(Cl)cc1)Cc1cccnc1. The fourth-order valence-electron chi connectivity index (χ4n) is 2.22. The number of hydrogen-bond acceptors (Lipinski definition) is 3. The molecule has 1 N–H and O–H groups in total. The summed E-state index contributed by atoms with van der Waals surface area (Å²) in [4.78, 5) is 29.3. The first-order chi connectivity index (χ1) is 11.5. The Bertz CT molecular complexity index is 674. The molecule has 2 amide bonds. The van der Waals surface area contributed by atoms with Gasteiger partial charge in [-0.2, -0.15) is 0 Å². The van der Waals surface area contributed by atoms with E-state index < -0.39 is 0 Å². The zero-order valence-electron chi connectivity index (χ0n) is 13.5. The average molecular weight is 346 g/mol. The van der Waals surface area contributed by atoms with Crippen LogP contribution < -0.4 is 5.32 Å². The van der Waals surface area contributed by atoms with Gasteiger partial charge in [-0.3, -0.25) is 14.6 Å². The topological polar surface area (TPSA) is 62.3 Å². The minimum Gasteiger partial charge on any atom is -0.354 e. The van der Waals surface area contributed by atoms with Gasteiger partial charge in [-0.1, -0.05) is 29.8 Å². The Morgan fingerprint density at radius 2 is 1.92 bits per heavy atom. The molecule has 0 unspecified atom stereocenters. The molecule has 0 bridgehead atoms. The quantitative estimate of drug-likeness (QED) is 0.838. The van der Waals surface area contributed by atoms with Gasteiger partial charge in [-0.05, 0) is 35.7 Å². The van der Waals surface area contributed by atoms with Crippen molar-refractivity contribution in [2.45, 2.75) is 19.9 Å². The molecule has 0 aliphatic heterocycles. The van der Waals surface area contributed by atoms with Crippen molar-refractivity contribution in [1.29, 1.82) is 0 Å². The van der Waals surface area contributed by atoms with Gasteiger partial charge in [-0.25, -0.2) is 0 Å². The van der Waals surface area contributed by atoms with E-state index in [1.807, 2.05) is 30.3 Å². The predicted molar refractivity (Wildman–Crippen MR) is 93.5 cm³/mol. The number of benzene rings is 1. The molecule has 0 saturated carbocycles. The zero-order chi connectivity index (χ0) is 17.4. The van der Waals surface area contributed by atoms with E-state index in [1.165, 1.54) is 11.8 Å². The van der Waals surface area contributed by atoms with Crippen molar-refractivity contribution in [3.63, 3.8) is 0 Å². The molecule has 2 aromatic rings. The molecule has 2 rings (SSSR count). The molecule has 126 valence electrons. The van der Waals surface area contributed by atoms with E-state index in [4.69, 9.17) is 11.6 Å². The molecule has 0 atom stereocenters. The number of carbonyl (C=O) groups is 2. The maximum atomic E-state index is 12.1. The third-order valence-corrected chi connectivity index (χ3v) is 3.78. The van der Waals surface area contributed by atoms with E-state index in [0.717, 1.165) is 11.1 Å². The van der Waals surface area contributed by atoms with Crippen LogP contribution in [-0.2, 0) is 22.6 Å². The summed E-state index contributed by atoms with van der Waals surface area (Å²) in [5.74, 6) is -0.324. The van der Waals surface area contributed by atoms with Gasteiger partial charge in [0.25, 0.3) is 0 Å². The molecular weight excluding hydrogens is 326 g/mol. The van der Waals surface area contributed by atoms with Crippen molar-refractivity contribution in [3.05, 3.63) is 64.9 Å². The summed E-state index contributed by atoms with van der Waals surface area (Å²) in [6.07, 6.45) is 4.07. The number of aromatic nitrogens is 1. The second kappa shape index (κ2) is 9.03. The molecular formula is C18H20ClN3O2. The highest BCUT2D eigenvalue weighted by molar-refractivity contribution is 6.30. The van der Waals surface area contributed by atoms with E-state index in [1.54, 1.807) is 18.5 Å². The number of rotatable bonds is 7. The first kappa shape index (κ1) is 17.9. The van der Waals surface area contributed by atoms with E-state index in [-0.39, 0.29) is 18.4 Å². The molecule has 5 nitrogen and oxygen atoms in total. The van der Waals surface area contributed by atoms with E-state index in [2.05, 4.69) is 10.3 Å². The van der Waals surface area contributed by atoms with Gasteiger partial charge in [-0.15, -0.1) is 0 Å². The lowest BCUT2D eigenvalue weighted by molar-refractivity contribution is -0.134. The number of pyridine rings is 1. The summed E-state index contributed by atoms with van der Waals surface area (Å²) in [5.41, 5.74) is 1.99. The highest BCUT2D eigenvalue weighted by atomic mass is 35.5. The lowest BCUT2D eigenvalue weighted by Gasteiger charge is -2.20. The van der Waals surface area contributed by atoms with Crippen LogP contribution in [0.2, 0.25) is 5.02 Å².